The van der Waals surface area contributed by atoms with Crippen LogP contribution in [0.25, 0.3) is 6.08 Å². The molecule has 21 heavy (non-hydrogen) atoms. The van der Waals surface area contributed by atoms with Gasteiger partial charge in [-0.15, -0.1) is 11.3 Å². The molecule has 0 spiro atoms. The highest BCUT2D eigenvalue weighted by Gasteiger charge is 2.23. The second kappa shape index (κ2) is 7.73. The van der Waals surface area contributed by atoms with Crippen LogP contribution in [-0.2, 0) is 11.3 Å². The highest BCUT2D eigenvalue weighted by atomic mass is 32.1. The number of carboxylic acids is 1. The molecule has 2 rings (SSSR count). The molecule has 1 fully saturated rings. The van der Waals surface area contributed by atoms with Crippen molar-refractivity contribution in [2.24, 2.45) is 0 Å². The van der Waals surface area contributed by atoms with E-state index < -0.39 is 5.97 Å². The standard InChI is InChI=1S/C16H24N2O2S/c1-3-18-10-4-5-13(18)11-17(2)12-15-7-6-14(21-15)8-9-16(19)20/h6-9,13H,3-5,10-12H2,1-2H3,(H,19,20). The van der Waals surface area contributed by atoms with E-state index in [1.807, 2.05) is 6.07 Å². The Kier molecular flexibility index (Phi) is 5.96. The van der Waals surface area contributed by atoms with Crippen molar-refractivity contribution in [1.29, 1.82) is 0 Å². The maximum atomic E-state index is 10.5. The third kappa shape index (κ3) is 4.95. The fraction of sp³-hybridized carbons (Fsp3) is 0.562. The quantitative estimate of drug-likeness (QED) is 0.787. The van der Waals surface area contributed by atoms with Gasteiger partial charge in [-0.05, 0) is 51.2 Å². The highest BCUT2D eigenvalue weighted by Crippen LogP contribution is 2.21. The maximum Gasteiger partial charge on any atom is 0.328 e. The largest absolute Gasteiger partial charge is 0.478 e. The van der Waals surface area contributed by atoms with Gasteiger partial charge in [0, 0.05) is 35.0 Å². The molecule has 0 aliphatic carbocycles. The third-order valence-corrected chi connectivity index (χ3v) is 4.96. The van der Waals surface area contributed by atoms with Crippen LogP contribution < -0.4 is 0 Å². The molecule has 1 saturated heterocycles. The van der Waals surface area contributed by atoms with Crippen molar-refractivity contribution in [3.05, 3.63) is 28.0 Å². The van der Waals surface area contributed by atoms with Gasteiger partial charge in [-0.3, -0.25) is 9.80 Å². The second-order valence-electron chi connectivity index (χ2n) is 5.60. The number of rotatable bonds is 7. The van der Waals surface area contributed by atoms with Crippen molar-refractivity contribution >= 4 is 23.4 Å². The average Bonchev–Trinajstić information content (AvgIpc) is 3.05. The summed E-state index contributed by atoms with van der Waals surface area (Å²) in [6, 6.07) is 4.77. The van der Waals surface area contributed by atoms with E-state index in [1.165, 1.54) is 30.3 Å². The van der Waals surface area contributed by atoms with Crippen molar-refractivity contribution in [3.8, 4) is 0 Å². The lowest BCUT2D eigenvalue weighted by Gasteiger charge is -2.27. The lowest BCUT2D eigenvalue weighted by atomic mass is 10.2. The summed E-state index contributed by atoms with van der Waals surface area (Å²) in [5.74, 6) is -0.900. The Morgan fingerprint density at radius 2 is 2.38 bits per heavy atom. The highest BCUT2D eigenvalue weighted by molar-refractivity contribution is 7.12. The molecule has 4 nitrogen and oxygen atoms in total. The van der Waals surface area contributed by atoms with E-state index in [4.69, 9.17) is 5.11 Å². The van der Waals surface area contributed by atoms with Crippen molar-refractivity contribution in [1.82, 2.24) is 9.80 Å². The van der Waals surface area contributed by atoms with E-state index in [0.717, 1.165) is 24.5 Å². The Hall–Kier alpha value is -1.17. The minimum absolute atomic E-state index is 0.686. The molecule has 116 valence electrons. The monoisotopic (exact) mass is 308 g/mol. The summed E-state index contributed by atoms with van der Waals surface area (Å²) in [6.45, 7) is 6.64. The van der Waals surface area contributed by atoms with E-state index in [-0.39, 0.29) is 0 Å². The van der Waals surface area contributed by atoms with Crippen LogP contribution in [0.4, 0.5) is 0 Å². The van der Waals surface area contributed by atoms with Gasteiger partial charge in [0.05, 0.1) is 0 Å². The lowest BCUT2D eigenvalue weighted by molar-refractivity contribution is -0.131. The van der Waals surface area contributed by atoms with Gasteiger partial charge in [0.15, 0.2) is 0 Å². The SMILES string of the molecule is CCN1CCCC1CN(C)Cc1ccc(C=CC(=O)O)s1. The van der Waals surface area contributed by atoms with Gasteiger partial charge in [0.25, 0.3) is 0 Å². The van der Waals surface area contributed by atoms with Crippen LogP contribution in [0.2, 0.25) is 0 Å². The zero-order chi connectivity index (χ0) is 15.2. The number of hydrogen-bond donors (Lipinski definition) is 1. The smallest absolute Gasteiger partial charge is 0.328 e. The zero-order valence-electron chi connectivity index (χ0n) is 12.8. The van der Waals surface area contributed by atoms with Gasteiger partial charge in [-0.1, -0.05) is 6.92 Å². The number of thiophene rings is 1. The summed E-state index contributed by atoms with van der Waals surface area (Å²) in [7, 11) is 2.17. The molecule has 1 aromatic rings. The average molecular weight is 308 g/mol. The molecule has 5 heteroatoms. The fourth-order valence-electron chi connectivity index (χ4n) is 2.93. The van der Waals surface area contributed by atoms with Crippen LogP contribution in [0.1, 0.15) is 29.5 Å². The number of likely N-dealkylation sites (N-methyl/N-ethyl adjacent to an activating group) is 2. The Labute approximate surface area is 130 Å². The Morgan fingerprint density at radius 3 is 3.10 bits per heavy atom. The zero-order valence-corrected chi connectivity index (χ0v) is 13.6. The Balaban J connectivity index is 1.85. The molecular weight excluding hydrogens is 284 g/mol. The summed E-state index contributed by atoms with van der Waals surface area (Å²) in [5, 5.41) is 8.64. The summed E-state index contributed by atoms with van der Waals surface area (Å²) >= 11 is 1.66. The molecule has 0 amide bonds. The van der Waals surface area contributed by atoms with Crippen LogP contribution in [0.3, 0.4) is 0 Å². The number of carboxylic acid groups (broad SMARTS) is 1. The van der Waals surface area contributed by atoms with Gasteiger partial charge < -0.3 is 5.11 Å². The minimum Gasteiger partial charge on any atom is -0.478 e. The van der Waals surface area contributed by atoms with E-state index in [2.05, 4.69) is 29.8 Å². The summed E-state index contributed by atoms with van der Waals surface area (Å²) < 4.78 is 0. The van der Waals surface area contributed by atoms with Gasteiger partial charge in [-0.25, -0.2) is 4.79 Å². The molecule has 1 aliphatic heterocycles. The molecule has 1 atom stereocenters. The van der Waals surface area contributed by atoms with Crippen LogP contribution >= 0.6 is 11.3 Å². The maximum absolute atomic E-state index is 10.5. The molecule has 0 bridgehead atoms. The van der Waals surface area contributed by atoms with Gasteiger partial charge in [0.1, 0.15) is 0 Å². The molecule has 1 aliphatic rings. The molecule has 1 unspecified atom stereocenters. The van der Waals surface area contributed by atoms with E-state index in [9.17, 15) is 4.79 Å². The number of aliphatic carboxylic acids is 1. The first kappa shape index (κ1) is 16.2. The predicted octanol–water partition coefficient (Wildman–Crippen LogP) is 2.76. The van der Waals surface area contributed by atoms with E-state index >= 15 is 0 Å². The van der Waals surface area contributed by atoms with Crippen molar-refractivity contribution in [2.45, 2.75) is 32.4 Å². The summed E-state index contributed by atoms with van der Waals surface area (Å²) in [5.41, 5.74) is 0. The second-order valence-corrected chi connectivity index (χ2v) is 6.80. The van der Waals surface area contributed by atoms with Gasteiger partial charge in [-0.2, -0.15) is 0 Å². The molecule has 0 aromatic carbocycles. The van der Waals surface area contributed by atoms with Crippen LogP contribution in [0.15, 0.2) is 18.2 Å². The first-order valence-corrected chi connectivity index (χ1v) is 8.32. The third-order valence-electron chi connectivity index (χ3n) is 3.93. The van der Waals surface area contributed by atoms with Gasteiger partial charge >= 0.3 is 5.97 Å². The first-order chi connectivity index (χ1) is 10.1. The van der Waals surface area contributed by atoms with Crippen LogP contribution in [0.5, 0.6) is 0 Å². The minimum atomic E-state index is -0.900. The van der Waals surface area contributed by atoms with Gasteiger partial charge in [0.2, 0.25) is 0 Å². The molecule has 2 heterocycles. The number of nitrogens with zero attached hydrogens (tertiary/aromatic N) is 2. The fourth-order valence-corrected chi connectivity index (χ4v) is 3.93. The number of hydrogen-bond acceptors (Lipinski definition) is 4. The topological polar surface area (TPSA) is 43.8 Å². The van der Waals surface area contributed by atoms with E-state index in [1.54, 1.807) is 17.4 Å². The lowest BCUT2D eigenvalue weighted by Crippen LogP contribution is -2.38. The molecule has 1 aromatic heterocycles. The van der Waals surface area contributed by atoms with Crippen molar-refractivity contribution in [2.75, 3.05) is 26.7 Å². The van der Waals surface area contributed by atoms with Crippen molar-refractivity contribution in [3.63, 3.8) is 0 Å². The summed E-state index contributed by atoms with van der Waals surface area (Å²) in [4.78, 5) is 17.7. The predicted molar refractivity (Wildman–Crippen MR) is 87.6 cm³/mol. The first-order valence-electron chi connectivity index (χ1n) is 7.50. The molecule has 0 radical (unpaired) electrons. The number of likely N-dealkylation sites (tertiary alicyclic amines) is 1. The normalized spacial score (nSPS) is 19.9. The molecule has 0 saturated carbocycles. The summed E-state index contributed by atoms with van der Waals surface area (Å²) in [6.07, 6.45) is 5.47. The Bertz CT molecular complexity index is 498. The van der Waals surface area contributed by atoms with Crippen LogP contribution in [-0.4, -0.2) is 53.6 Å². The van der Waals surface area contributed by atoms with Crippen LogP contribution in [0, 0.1) is 0 Å². The molecule has 1 N–H and O–H groups in total. The van der Waals surface area contributed by atoms with E-state index in [0.29, 0.717) is 6.04 Å². The Morgan fingerprint density at radius 1 is 1.57 bits per heavy atom. The van der Waals surface area contributed by atoms with Crippen molar-refractivity contribution < 1.29 is 9.90 Å². The number of carbonyl (C=O) groups is 1. The molecular formula is C16H24N2O2S.